The normalized spacial score (nSPS) is 12.6. The van der Waals surface area contributed by atoms with Gasteiger partial charge in [-0.1, -0.05) is 194 Å². The Bertz CT molecular complexity index is 3400. The van der Waals surface area contributed by atoms with E-state index < -0.39 is 5.41 Å². The molecule has 11 aromatic rings. The lowest BCUT2D eigenvalue weighted by Gasteiger charge is -2.33. The third kappa shape index (κ3) is 5.93. The van der Waals surface area contributed by atoms with Gasteiger partial charge in [-0.25, -0.2) is 9.97 Å². The molecule has 0 N–H and O–H groups in total. The zero-order valence-electron chi connectivity index (χ0n) is 33.7. The van der Waals surface area contributed by atoms with Crippen molar-refractivity contribution in [2.75, 3.05) is 0 Å². The summed E-state index contributed by atoms with van der Waals surface area (Å²) in [7, 11) is 0. The molecular weight excluding hydrogens is 769 g/mol. The van der Waals surface area contributed by atoms with Crippen LogP contribution in [0.5, 0.6) is 0 Å². The van der Waals surface area contributed by atoms with Crippen molar-refractivity contribution in [3.8, 4) is 67.3 Å². The van der Waals surface area contributed by atoms with E-state index in [4.69, 9.17) is 9.97 Å². The first-order valence-corrected chi connectivity index (χ1v) is 22.0. The van der Waals surface area contributed by atoms with Crippen LogP contribution in [0.15, 0.2) is 231 Å². The molecule has 0 saturated heterocycles. The van der Waals surface area contributed by atoms with Crippen molar-refractivity contribution < 1.29 is 0 Å². The quantitative estimate of drug-likeness (QED) is 0.160. The van der Waals surface area contributed by atoms with Crippen LogP contribution in [0.2, 0.25) is 0 Å². The number of benzene rings is 9. The number of rotatable bonds is 7. The summed E-state index contributed by atoms with van der Waals surface area (Å²) in [5, 5.41) is 2.63. The van der Waals surface area contributed by atoms with Gasteiger partial charge in [0.2, 0.25) is 0 Å². The lowest BCUT2D eigenvalue weighted by Crippen LogP contribution is -2.28. The minimum absolute atomic E-state index is 0.452. The molecule has 0 amide bonds. The van der Waals surface area contributed by atoms with E-state index in [1.54, 1.807) is 0 Å². The number of aromatic nitrogens is 2. The van der Waals surface area contributed by atoms with Crippen molar-refractivity contribution in [1.82, 2.24) is 9.97 Å². The molecular formula is C59H38N2S. The van der Waals surface area contributed by atoms with Crippen molar-refractivity contribution in [3.63, 3.8) is 0 Å². The lowest BCUT2D eigenvalue weighted by molar-refractivity contribution is 0.768. The molecule has 1 aliphatic carbocycles. The summed E-state index contributed by atoms with van der Waals surface area (Å²) in [6.45, 7) is 0. The van der Waals surface area contributed by atoms with Crippen molar-refractivity contribution in [2.45, 2.75) is 5.41 Å². The monoisotopic (exact) mass is 806 g/mol. The van der Waals surface area contributed by atoms with E-state index in [-0.39, 0.29) is 0 Å². The largest absolute Gasteiger partial charge is 0.228 e. The van der Waals surface area contributed by atoms with Crippen LogP contribution in [0, 0.1) is 0 Å². The Morgan fingerprint density at radius 1 is 0.306 bits per heavy atom. The highest BCUT2D eigenvalue weighted by molar-refractivity contribution is 7.25. The lowest BCUT2D eigenvalue weighted by atomic mass is 9.67. The second-order valence-corrected chi connectivity index (χ2v) is 17.2. The molecule has 12 rings (SSSR count). The Morgan fingerprint density at radius 2 is 0.839 bits per heavy atom. The maximum absolute atomic E-state index is 5.26. The Hall–Kier alpha value is -7.72. The van der Waals surface area contributed by atoms with Gasteiger partial charge < -0.3 is 0 Å². The molecule has 2 nitrogen and oxygen atoms in total. The zero-order chi connectivity index (χ0) is 41.0. The molecule has 62 heavy (non-hydrogen) atoms. The third-order valence-electron chi connectivity index (χ3n) is 12.6. The number of fused-ring (bicyclic) bond motifs is 6. The Balaban J connectivity index is 0.944. The highest BCUT2D eigenvalue weighted by Gasteiger charge is 2.46. The number of nitrogens with zero attached hydrogens (tertiary/aromatic N) is 2. The molecule has 1 aliphatic rings. The van der Waals surface area contributed by atoms with Crippen molar-refractivity contribution in [1.29, 1.82) is 0 Å². The van der Waals surface area contributed by atoms with Gasteiger partial charge in [0, 0.05) is 36.9 Å². The minimum Gasteiger partial charge on any atom is -0.228 e. The predicted molar refractivity (Wildman–Crippen MR) is 259 cm³/mol. The van der Waals surface area contributed by atoms with E-state index in [0.717, 1.165) is 33.6 Å². The topological polar surface area (TPSA) is 25.8 Å². The molecule has 0 spiro atoms. The fourth-order valence-corrected chi connectivity index (χ4v) is 10.8. The Kier molecular flexibility index (Phi) is 8.62. The second kappa shape index (κ2) is 14.8. The summed E-state index contributed by atoms with van der Waals surface area (Å²) in [6.07, 6.45) is 0. The van der Waals surface area contributed by atoms with Gasteiger partial charge >= 0.3 is 0 Å². The molecule has 2 aromatic heterocycles. The molecule has 290 valence electrons. The third-order valence-corrected chi connectivity index (χ3v) is 13.8. The van der Waals surface area contributed by atoms with Gasteiger partial charge in [-0.2, -0.15) is 0 Å². The van der Waals surface area contributed by atoms with Crippen molar-refractivity contribution in [2.24, 2.45) is 0 Å². The SMILES string of the molecule is c1ccc(-c2nc(-c3ccc(-c4cccc(-c5ccc6sc7ccccc7c6c5)c4)cc3)cc(-c3ccc4c(c3)-c3ccccc3C4(c3ccccc3)c3ccccc3)n2)cc1. The van der Waals surface area contributed by atoms with Crippen molar-refractivity contribution in [3.05, 3.63) is 253 Å². The van der Waals surface area contributed by atoms with E-state index in [1.165, 1.54) is 70.2 Å². The van der Waals surface area contributed by atoms with Crippen LogP contribution < -0.4 is 0 Å². The fraction of sp³-hybridized carbons (Fsp3) is 0.0169. The average Bonchev–Trinajstić information content (AvgIpc) is 3.88. The summed E-state index contributed by atoms with van der Waals surface area (Å²) < 4.78 is 2.65. The smallest absolute Gasteiger partial charge is 0.160 e. The molecule has 3 heteroatoms. The molecule has 0 radical (unpaired) electrons. The Labute approximate surface area is 365 Å². The van der Waals surface area contributed by atoms with Crippen molar-refractivity contribution >= 4 is 31.5 Å². The second-order valence-electron chi connectivity index (χ2n) is 16.1. The molecule has 0 bridgehead atoms. The molecule has 0 fully saturated rings. The van der Waals surface area contributed by atoms with E-state index in [9.17, 15) is 0 Å². The van der Waals surface area contributed by atoms with E-state index in [1.807, 2.05) is 29.5 Å². The van der Waals surface area contributed by atoms with Gasteiger partial charge in [-0.05, 0) is 92.0 Å². The molecule has 0 saturated carbocycles. The van der Waals surface area contributed by atoms with Crippen LogP contribution in [0.25, 0.3) is 87.5 Å². The number of hydrogen-bond donors (Lipinski definition) is 0. The molecule has 9 aromatic carbocycles. The van der Waals surface area contributed by atoms with E-state index >= 15 is 0 Å². The standard InChI is InChI=1S/C59H38N2S/c1-4-15-41(16-5-1)58-60-54(40-29-27-39(28-30-40)42-17-14-18-43(35-42)44-32-34-57-51(36-44)49-24-11-13-26-56(49)62-57)38-55(61-58)45-31-33-53-50(37-45)48-23-10-12-25-52(48)59(53,46-19-6-2-7-20-46)47-21-8-3-9-22-47/h1-38H. The first-order valence-electron chi connectivity index (χ1n) is 21.1. The molecule has 2 heterocycles. The number of hydrogen-bond acceptors (Lipinski definition) is 3. The van der Waals surface area contributed by atoms with E-state index in [2.05, 4.69) is 212 Å². The van der Waals surface area contributed by atoms with Gasteiger partial charge in [0.05, 0.1) is 16.8 Å². The molecule has 0 unspecified atom stereocenters. The van der Waals surface area contributed by atoms with Gasteiger partial charge in [0.1, 0.15) is 0 Å². The summed E-state index contributed by atoms with van der Waals surface area (Å²) in [5.41, 5.74) is 16.7. The zero-order valence-corrected chi connectivity index (χ0v) is 34.6. The number of thiophene rings is 1. The van der Waals surface area contributed by atoms with E-state index in [0.29, 0.717) is 5.82 Å². The van der Waals surface area contributed by atoms with Crippen LogP contribution in [0.3, 0.4) is 0 Å². The molecule has 0 atom stereocenters. The van der Waals surface area contributed by atoms with Crippen LogP contribution >= 0.6 is 11.3 Å². The average molecular weight is 807 g/mol. The van der Waals surface area contributed by atoms with Gasteiger partial charge in [-0.15, -0.1) is 11.3 Å². The summed E-state index contributed by atoms with van der Waals surface area (Å²) >= 11 is 1.86. The minimum atomic E-state index is -0.452. The highest BCUT2D eigenvalue weighted by Crippen LogP contribution is 2.56. The maximum Gasteiger partial charge on any atom is 0.160 e. The summed E-state index contributed by atoms with van der Waals surface area (Å²) in [6, 6.07) is 83.4. The van der Waals surface area contributed by atoms with Gasteiger partial charge in [0.25, 0.3) is 0 Å². The predicted octanol–water partition coefficient (Wildman–Crippen LogP) is 15.5. The van der Waals surface area contributed by atoms with Crippen LogP contribution in [0.4, 0.5) is 0 Å². The van der Waals surface area contributed by atoms with Crippen LogP contribution in [-0.2, 0) is 5.41 Å². The van der Waals surface area contributed by atoms with Gasteiger partial charge in [0.15, 0.2) is 5.82 Å². The first-order chi connectivity index (χ1) is 30.7. The van der Waals surface area contributed by atoms with Gasteiger partial charge in [-0.3, -0.25) is 0 Å². The summed E-state index contributed by atoms with van der Waals surface area (Å²) in [4.78, 5) is 10.5. The highest BCUT2D eigenvalue weighted by atomic mass is 32.1. The van der Waals surface area contributed by atoms with Crippen LogP contribution in [0.1, 0.15) is 22.3 Å². The maximum atomic E-state index is 5.26. The summed E-state index contributed by atoms with van der Waals surface area (Å²) in [5.74, 6) is 0.703. The fourth-order valence-electron chi connectivity index (χ4n) is 9.69. The van der Waals surface area contributed by atoms with Crippen LogP contribution in [-0.4, -0.2) is 9.97 Å². The molecule has 0 aliphatic heterocycles. The first kappa shape index (κ1) is 36.2. The Morgan fingerprint density at radius 3 is 1.60 bits per heavy atom.